The second kappa shape index (κ2) is 7.55. The van der Waals surface area contributed by atoms with Gasteiger partial charge in [0.05, 0.1) is 42.1 Å². The second-order valence-corrected chi connectivity index (χ2v) is 7.53. The van der Waals surface area contributed by atoms with Gasteiger partial charge in [0.15, 0.2) is 0 Å². The van der Waals surface area contributed by atoms with Crippen molar-refractivity contribution >= 4 is 17.3 Å². The van der Waals surface area contributed by atoms with Crippen LogP contribution in [0.25, 0.3) is 5.69 Å². The minimum atomic E-state index is -0.202. The van der Waals surface area contributed by atoms with Crippen LogP contribution in [0, 0.1) is 0 Å². The van der Waals surface area contributed by atoms with Gasteiger partial charge in [0.25, 0.3) is 5.91 Å². The molecule has 6 heteroatoms. The van der Waals surface area contributed by atoms with Gasteiger partial charge in [0, 0.05) is 11.7 Å². The fourth-order valence-electron chi connectivity index (χ4n) is 4.00. The number of rotatable bonds is 5. The Hall–Kier alpha value is -3.80. The number of anilines is 2. The molecule has 1 aliphatic heterocycles. The normalized spacial score (nSPS) is 15.2. The van der Waals surface area contributed by atoms with Crippen LogP contribution in [-0.2, 0) is 13.0 Å². The molecule has 2 aromatic carbocycles. The van der Waals surface area contributed by atoms with E-state index in [9.17, 15) is 4.79 Å². The van der Waals surface area contributed by atoms with Crippen LogP contribution in [-0.4, -0.2) is 21.7 Å². The van der Waals surface area contributed by atoms with E-state index < -0.39 is 0 Å². The molecule has 1 N–H and O–H groups in total. The van der Waals surface area contributed by atoms with E-state index in [1.165, 1.54) is 11.3 Å². The van der Waals surface area contributed by atoms with Gasteiger partial charge < -0.3 is 14.6 Å². The van der Waals surface area contributed by atoms with E-state index in [2.05, 4.69) is 40.4 Å². The highest BCUT2D eigenvalue weighted by molar-refractivity contribution is 6.04. The van der Waals surface area contributed by atoms with Crippen LogP contribution in [0.1, 0.15) is 28.6 Å². The Morgan fingerprint density at radius 1 is 1.13 bits per heavy atom. The zero-order chi connectivity index (χ0) is 20.5. The standard InChI is InChI=1S/C24H22N4O2/c1-17-13-18-7-5-6-10-22(18)27(17)16-23-21(11-12-30-23)24(29)26-19-14-25-28(15-19)20-8-3-2-4-9-20/h2-12,14-15,17H,13,16H2,1H3,(H,26,29). The highest BCUT2D eigenvalue weighted by Crippen LogP contribution is 2.33. The van der Waals surface area contributed by atoms with Crippen LogP contribution >= 0.6 is 0 Å². The maximum absolute atomic E-state index is 12.9. The lowest BCUT2D eigenvalue weighted by Crippen LogP contribution is -2.29. The monoisotopic (exact) mass is 398 g/mol. The molecule has 0 spiro atoms. The Kier molecular flexibility index (Phi) is 4.59. The number of carbonyl (C=O) groups is 1. The zero-order valence-corrected chi connectivity index (χ0v) is 16.7. The molecule has 3 heterocycles. The number of aromatic nitrogens is 2. The molecular weight excluding hydrogens is 376 g/mol. The number of carbonyl (C=O) groups excluding carboxylic acids is 1. The molecule has 0 radical (unpaired) electrons. The molecule has 1 aliphatic rings. The molecule has 0 saturated carbocycles. The number of nitrogens with zero attached hydrogens (tertiary/aromatic N) is 3. The van der Waals surface area contributed by atoms with E-state index in [-0.39, 0.29) is 5.91 Å². The number of hydrogen-bond acceptors (Lipinski definition) is 4. The van der Waals surface area contributed by atoms with Crippen molar-refractivity contribution in [2.75, 3.05) is 10.2 Å². The van der Waals surface area contributed by atoms with Gasteiger partial charge in [-0.05, 0) is 43.2 Å². The molecule has 1 unspecified atom stereocenters. The van der Waals surface area contributed by atoms with Crippen LogP contribution in [0.5, 0.6) is 0 Å². The predicted octanol–water partition coefficient (Wildman–Crippen LogP) is 4.67. The number of nitrogens with one attached hydrogen (secondary N) is 1. The maximum Gasteiger partial charge on any atom is 0.259 e. The summed E-state index contributed by atoms with van der Waals surface area (Å²) in [6, 6.07) is 20.2. The predicted molar refractivity (Wildman–Crippen MR) is 116 cm³/mol. The van der Waals surface area contributed by atoms with Crippen molar-refractivity contribution in [1.82, 2.24) is 9.78 Å². The SMILES string of the molecule is CC1Cc2ccccc2N1Cc1occc1C(=O)Nc1cnn(-c2ccccc2)c1. The molecule has 30 heavy (non-hydrogen) atoms. The lowest BCUT2D eigenvalue weighted by Gasteiger charge is -2.24. The number of benzene rings is 2. The van der Waals surface area contributed by atoms with Crippen molar-refractivity contribution in [3.8, 4) is 5.69 Å². The maximum atomic E-state index is 12.9. The van der Waals surface area contributed by atoms with E-state index in [0.29, 0.717) is 29.6 Å². The first-order chi connectivity index (χ1) is 14.7. The lowest BCUT2D eigenvalue weighted by atomic mass is 10.1. The first-order valence-electron chi connectivity index (χ1n) is 10.0. The third kappa shape index (κ3) is 3.37. The quantitative estimate of drug-likeness (QED) is 0.531. The first-order valence-corrected chi connectivity index (χ1v) is 10.0. The van der Waals surface area contributed by atoms with Crippen LogP contribution in [0.2, 0.25) is 0 Å². The Balaban J connectivity index is 1.33. The van der Waals surface area contributed by atoms with Crippen LogP contribution in [0.15, 0.2) is 83.7 Å². The number of hydrogen-bond donors (Lipinski definition) is 1. The molecule has 1 amide bonds. The third-order valence-electron chi connectivity index (χ3n) is 5.51. The van der Waals surface area contributed by atoms with E-state index in [4.69, 9.17) is 4.42 Å². The van der Waals surface area contributed by atoms with E-state index >= 15 is 0 Å². The summed E-state index contributed by atoms with van der Waals surface area (Å²) in [5.41, 5.74) is 4.64. The molecule has 5 rings (SSSR count). The van der Waals surface area contributed by atoms with Crippen molar-refractivity contribution in [3.05, 3.63) is 96.2 Å². The van der Waals surface area contributed by atoms with Crippen molar-refractivity contribution < 1.29 is 9.21 Å². The Labute approximate surface area is 174 Å². The molecule has 2 aromatic heterocycles. The van der Waals surface area contributed by atoms with Gasteiger partial charge in [-0.15, -0.1) is 0 Å². The number of fused-ring (bicyclic) bond motifs is 1. The number of para-hydroxylation sites is 2. The van der Waals surface area contributed by atoms with Gasteiger partial charge in [0.1, 0.15) is 5.76 Å². The van der Waals surface area contributed by atoms with Gasteiger partial charge in [-0.3, -0.25) is 4.79 Å². The van der Waals surface area contributed by atoms with Gasteiger partial charge in [-0.2, -0.15) is 5.10 Å². The summed E-state index contributed by atoms with van der Waals surface area (Å²) in [5.74, 6) is 0.456. The van der Waals surface area contributed by atoms with Gasteiger partial charge in [-0.25, -0.2) is 4.68 Å². The molecule has 0 fully saturated rings. The number of furan rings is 1. The summed E-state index contributed by atoms with van der Waals surface area (Å²) in [6.45, 7) is 2.75. The highest BCUT2D eigenvalue weighted by atomic mass is 16.3. The molecule has 0 bridgehead atoms. The van der Waals surface area contributed by atoms with Gasteiger partial charge in [0.2, 0.25) is 0 Å². The van der Waals surface area contributed by atoms with Crippen molar-refractivity contribution in [3.63, 3.8) is 0 Å². The lowest BCUT2D eigenvalue weighted by molar-refractivity contribution is 0.102. The fourth-order valence-corrected chi connectivity index (χ4v) is 4.00. The van der Waals surface area contributed by atoms with E-state index in [0.717, 1.165) is 12.1 Å². The summed E-state index contributed by atoms with van der Waals surface area (Å²) in [4.78, 5) is 15.2. The van der Waals surface area contributed by atoms with E-state index in [1.807, 2.05) is 36.4 Å². The van der Waals surface area contributed by atoms with Gasteiger partial charge >= 0.3 is 0 Å². The molecular formula is C24H22N4O2. The van der Waals surface area contributed by atoms with Crippen LogP contribution in [0.4, 0.5) is 11.4 Å². The molecule has 0 saturated heterocycles. The molecule has 1 atom stereocenters. The average molecular weight is 398 g/mol. The van der Waals surface area contributed by atoms with Crippen molar-refractivity contribution in [2.45, 2.75) is 25.9 Å². The summed E-state index contributed by atoms with van der Waals surface area (Å²) in [7, 11) is 0. The fraction of sp³-hybridized carbons (Fsp3) is 0.167. The summed E-state index contributed by atoms with van der Waals surface area (Å²) in [6.07, 6.45) is 6.01. The van der Waals surface area contributed by atoms with E-state index in [1.54, 1.807) is 29.4 Å². The Morgan fingerprint density at radius 2 is 1.93 bits per heavy atom. The smallest absolute Gasteiger partial charge is 0.259 e. The number of amides is 1. The van der Waals surface area contributed by atoms with Crippen molar-refractivity contribution in [2.24, 2.45) is 0 Å². The largest absolute Gasteiger partial charge is 0.467 e. The Bertz CT molecular complexity index is 1180. The Morgan fingerprint density at radius 3 is 2.80 bits per heavy atom. The molecule has 4 aromatic rings. The average Bonchev–Trinajstić information content (AvgIpc) is 3.49. The van der Waals surface area contributed by atoms with Crippen molar-refractivity contribution in [1.29, 1.82) is 0 Å². The molecule has 6 nitrogen and oxygen atoms in total. The summed E-state index contributed by atoms with van der Waals surface area (Å²) < 4.78 is 7.43. The van der Waals surface area contributed by atoms with Gasteiger partial charge in [-0.1, -0.05) is 36.4 Å². The first kappa shape index (κ1) is 18.2. The van der Waals surface area contributed by atoms with Crippen LogP contribution < -0.4 is 10.2 Å². The zero-order valence-electron chi connectivity index (χ0n) is 16.7. The summed E-state index contributed by atoms with van der Waals surface area (Å²) >= 11 is 0. The third-order valence-corrected chi connectivity index (χ3v) is 5.51. The van der Waals surface area contributed by atoms with Crippen LogP contribution in [0.3, 0.4) is 0 Å². The highest BCUT2D eigenvalue weighted by Gasteiger charge is 2.28. The topological polar surface area (TPSA) is 63.3 Å². The minimum absolute atomic E-state index is 0.202. The minimum Gasteiger partial charge on any atom is -0.467 e. The molecule has 0 aliphatic carbocycles. The summed E-state index contributed by atoms with van der Waals surface area (Å²) in [5, 5.41) is 7.26. The molecule has 150 valence electrons. The second-order valence-electron chi connectivity index (χ2n) is 7.53.